The minimum atomic E-state index is -4.06. The van der Waals surface area contributed by atoms with Gasteiger partial charge in [-0.15, -0.1) is 0 Å². The summed E-state index contributed by atoms with van der Waals surface area (Å²) in [4.78, 5) is 15.8. The van der Waals surface area contributed by atoms with Crippen molar-refractivity contribution >= 4 is 52.6 Å². The van der Waals surface area contributed by atoms with E-state index in [0.29, 0.717) is 16.4 Å². The van der Waals surface area contributed by atoms with Gasteiger partial charge < -0.3 is 14.6 Å². The third-order valence-electron chi connectivity index (χ3n) is 4.09. The van der Waals surface area contributed by atoms with E-state index in [2.05, 4.69) is 19.7 Å². The number of anilines is 1. The van der Waals surface area contributed by atoms with E-state index < -0.39 is 35.7 Å². The van der Waals surface area contributed by atoms with Crippen molar-refractivity contribution in [3.63, 3.8) is 0 Å². The van der Waals surface area contributed by atoms with Gasteiger partial charge in [0.15, 0.2) is 5.13 Å². The Balaban J connectivity index is 1.85. The van der Waals surface area contributed by atoms with Crippen molar-refractivity contribution in [2.75, 3.05) is 26.5 Å². The number of aromatic nitrogens is 2. The summed E-state index contributed by atoms with van der Waals surface area (Å²) >= 11 is 1.25. The molecule has 0 bridgehead atoms. The highest BCUT2D eigenvalue weighted by molar-refractivity contribution is 7.92. The van der Waals surface area contributed by atoms with Crippen LogP contribution in [-0.2, 0) is 31.4 Å². The van der Waals surface area contributed by atoms with Crippen LogP contribution in [0.3, 0.4) is 0 Å². The molecule has 2 heterocycles. The number of fused-ring (bicyclic) bond motifs is 1. The standard InChI is InChI=1S/C16H19N5O6S3/c1-17-29(23,24)13-7-21(8-14(13)30(25,26)18-2)9-15(22)20-16-19-11-5-4-10(27-3)6-12(11)28-16/h4-8,17-18H,9H2,1-3H3,(H,19,20,22). The summed E-state index contributed by atoms with van der Waals surface area (Å²) in [5.74, 6) is 0.158. The Morgan fingerprint density at radius 1 is 1.10 bits per heavy atom. The number of nitrogens with one attached hydrogen (secondary N) is 3. The highest BCUT2D eigenvalue weighted by Gasteiger charge is 2.27. The molecule has 30 heavy (non-hydrogen) atoms. The second-order valence-electron chi connectivity index (χ2n) is 5.98. The third kappa shape index (κ3) is 4.46. The van der Waals surface area contributed by atoms with E-state index in [9.17, 15) is 21.6 Å². The number of ether oxygens (including phenoxy) is 1. The maximum absolute atomic E-state index is 12.4. The molecule has 2 aromatic heterocycles. The number of amides is 1. The first-order chi connectivity index (χ1) is 14.1. The minimum Gasteiger partial charge on any atom is -0.497 e. The predicted molar refractivity (Wildman–Crippen MR) is 112 cm³/mol. The SMILES string of the molecule is CNS(=O)(=O)c1cn(CC(=O)Nc2nc3ccc(OC)cc3s2)cc1S(=O)(=O)NC. The van der Waals surface area contributed by atoms with Crippen LogP contribution in [0.25, 0.3) is 10.2 Å². The van der Waals surface area contributed by atoms with Gasteiger partial charge >= 0.3 is 0 Å². The fraction of sp³-hybridized carbons (Fsp3) is 0.250. The van der Waals surface area contributed by atoms with Gasteiger partial charge in [0.05, 0.1) is 17.3 Å². The fourth-order valence-corrected chi connectivity index (χ4v) is 5.78. The molecular formula is C16H19N5O6S3. The summed E-state index contributed by atoms with van der Waals surface area (Å²) in [6.07, 6.45) is 2.16. The van der Waals surface area contributed by atoms with Crippen LogP contribution >= 0.6 is 11.3 Å². The van der Waals surface area contributed by atoms with Gasteiger partial charge in [-0.3, -0.25) is 4.79 Å². The molecular weight excluding hydrogens is 454 g/mol. The van der Waals surface area contributed by atoms with Crippen molar-refractivity contribution in [2.24, 2.45) is 0 Å². The molecule has 0 unspecified atom stereocenters. The lowest BCUT2D eigenvalue weighted by atomic mass is 10.3. The van der Waals surface area contributed by atoms with E-state index in [0.717, 1.165) is 31.2 Å². The predicted octanol–water partition coefficient (Wildman–Crippen LogP) is 0.561. The zero-order chi connectivity index (χ0) is 22.1. The van der Waals surface area contributed by atoms with E-state index in [1.165, 1.54) is 15.9 Å². The van der Waals surface area contributed by atoms with Crippen molar-refractivity contribution in [2.45, 2.75) is 16.3 Å². The van der Waals surface area contributed by atoms with Gasteiger partial charge in [0, 0.05) is 12.4 Å². The lowest BCUT2D eigenvalue weighted by Crippen LogP contribution is -2.24. The largest absolute Gasteiger partial charge is 0.497 e. The molecule has 162 valence electrons. The monoisotopic (exact) mass is 473 g/mol. The molecule has 0 atom stereocenters. The van der Waals surface area contributed by atoms with E-state index in [1.54, 1.807) is 25.3 Å². The fourth-order valence-electron chi connectivity index (χ4n) is 2.59. The number of thiazole rings is 1. The molecule has 0 aliphatic rings. The molecule has 1 aromatic carbocycles. The first-order valence-electron chi connectivity index (χ1n) is 8.41. The van der Waals surface area contributed by atoms with Gasteiger partial charge in [0.2, 0.25) is 26.0 Å². The smallest absolute Gasteiger partial charge is 0.246 e. The number of nitrogens with zero attached hydrogens (tertiary/aromatic N) is 2. The lowest BCUT2D eigenvalue weighted by molar-refractivity contribution is -0.116. The number of carbonyl (C=O) groups is 1. The first kappa shape index (κ1) is 22.2. The zero-order valence-corrected chi connectivity index (χ0v) is 18.6. The minimum absolute atomic E-state index is 0.315. The molecule has 0 aliphatic carbocycles. The Morgan fingerprint density at radius 3 is 2.23 bits per heavy atom. The van der Waals surface area contributed by atoms with Crippen LogP contribution in [0, 0.1) is 0 Å². The van der Waals surface area contributed by atoms with Crippen LogP contribution < -0.4 is 19.5 Å². The molecule has 11 nitrogen and oxygen atoms in total. The second-order valence-corrected chi connectivity index (χ2v) is 10.7. The average Bonchev–Trinajstić information content (AvgIpc) is 3.31. The number of hydrogen-bond donors (Lipinski definition) is 3. The van der Waals surface area contributed by atoms with Crippen molar-refractivity contribution in [3.8, 4) is 5.75 Å². The van der Waals surface area contributed by atoms with E-state index >= 15 is 0 Å². The van der Waals surface area contributed by atoms with Crippen molar-refractivity contribution < 1.29 is 26.4 Å². The summed E-state index contributed by atoms with van der Waals surface area (Å²) in [5.41, 5.74) is 0.682. The van der Waals surface area contributed by atoms with E-state index in [-0.39, 0.29) is 6.54 Å². The van der Waals surface area contributed by atoms with Gasteiger partial charge in [-0.1, -0.05) is 11.3 Å². The Morgan fingerprint density at radius 2 is 1.70 bits per heavy atom. The van der Waals surface area contributed by atoms with Crippen LogP contribution in [0.1, 0.15) is 0 Å². The highest BCUT2D eigenvalue weighted by Crippen LogP contribution is 2.29. The summed E-state index contributed by atoms with van der Waals surface area (Å²) in [6.45, 7) is -0.315. The zero-order valence-electron chi connectivity index (χ0n) is 16.2. The quantitative estimate of drug-likeness (QED) is 0.433. The van der Waals surface area contributed by atoms with Crippen molar-refractivity contribution in [1.29, 1.82) is 0 Å². The van der Waals surface area contributed by atoms with Crippen LogP contribution in [-0.4, -0.2) is 53.5 Å². The third-order valence-corrected chi connectivity index (χ3v) is 8.04. The summed E-state index contributed by atoms with van der Waals surface area (Å²) in [6, 6.07) is 5.30. The average molecular weight is 474 g/mol. The summed E-state index contributed by atoms with van der Waals surface area (Å²) in [5, 5.41) is 2.98. The molecule has 3 N–H and O–H groups in total. The maximum atomic E-state index is 12.4. The molecule has 0 radical (unpaired) electrons. The Hall–Kier alpha value is -2.52. The van der Waals surface area contributed by atoms with Crippen LogP contribution in [0.4, 0.5) is 5.13 Å². The Bertz CT molecular complexity index is 1260. The first-order valence-corrected chi connectivity index (χ1v) is 12.2. The number of rotatable bonds is 8. The number of methoxy groups -OCH3 is 1. The molecule has 3 aromatic rings. The highest BCUT2D eigenvalue weighted by atomic mass is 32.2. The van der Waals surface area contributed by atoms with Crippen LogP contribution in [0.2, 0.25) is 0 Å². The molecule has 14 heteroatoms. The van der Waals surface area contributed by atoms with Crippen molar-refractivity contribution in [1.82, 2.24) is 19.0 Å². The molecule has 0 aliphatic heterocycles. The molecule has 0 fully saturated rings. The van der Waals surface area contributed by atoms with Gasteiger partial charge in [-0.05, 0) is 32.3 Å². The molecule has 0 saturated carbocycles. The van der Waals surface area contributed by atoms with E-state index in [4.69, 9.17) is 4.74 Å². The van der Waals surface area contributed by atoms with Gasteiger partial charge in [0.1, 0.15) is 22.1 Å². The molecule has 1 amide bonds. The van der Waals surface area contributed by atoms with Crippen LogP contribution in [0.5, 0.6) is 5.75 Å². The number of sulfonamides is 2. The molecule has 0 spiro atoms. The molecule has 3 rings (SSSR count). The van der Waals surface area contributed by atoms with Crippen molar-refractivity contribution in [3.05, 3.63) is 30.6 Å². The van der Waals surface area contributed by atoms with Gasteiger partial charge in [0.25, 0.3) is 0 Å². The number of hydrogen-bond acceptors (Lipinski definition) is 8. The Kier molecular flexibility index (Phi) is 6.14. The Labute approximate surface area is 177 Å². The topological polar surface area (TPSA) is 148 Å². The normalized spacial score (nSPS) is 12.2. The summed E-state index contributed by atoms with van der Waals surface area (Å²) in [7, 11) is -4.25. The number of benzene rings is 1. The summed E-state index contributed by atoms with van der Waals surface area (Å²) < 4.78 is 60.1. The number of carbonyl (C=O) groups excluding carboxylic acids is 1. The van der Waals surface area contributed by atoms with E-state index in [1.807, 2.05) is 0 Å². The second kappa shape index (κ2) is 8.31. The van der Waals surface area contributed by atoms with Crippen LogP contribution in [0.15, 0.2) is 40.4 Å². The molecule has 0 saturated heterocycles. The van der Waals surface area contributed by atoms with Gasteiger partial charge in [-0.2, -0.15) is 0 Å². The van der Waals surface area contributed by atoms with Gasteiger partial charge in [-0.25, -0.2) is 31.3 Å². The lowest BCUT2D eigenvalue weighted by Gasteiger charge is -2.04. The maximum Gasteiger partial charge on any atom is 0.246 e.